The molecule has 5 heteroatoms. The van der Waals surface area contributed by atoms with Crippen LogP contribution < -0.4 is 4.74 Å². The van der Waals surface area contributed by atoms with E-state index in [4.69, 9.17) is 15.7 Å². The van der Waals surface area contributed by atoms with E-state index in [1.165, 1.54) is 16.8 Å². The van der Waals surface area contributed by atoms with Crippen LogP contribution in [0.15, 0.2) is 18.3 Å². The van der Waals surface area contributed by atoms with Gasteiger partial charge in [-0.25, -0.2) is 4.52 Å². The lowest BCUT2D eigenvalue weighted by Crippen LogP contribution is -1.89. The van der Waals surface area contributed by atoms with Crippen LogP contribution in [0.4, 0.5) is 0 Å². The zero-order valence-corrected chi connectivity index (χ0v) is 6.62. The third-order valence-corrected chi connectivity index (χ3v) is 1.56. The van der Waals surface area contributed by atoms with E-state index in [9.17, 15) is 0 Å². The summed E-state index contributed by atoms with van der Waals surface area (Å²) in [6, 6.07) is 3.06. The van der Waals surface area contributed by atoms with Crippen LogP contribution in [0.1, 0.15) is 4.11 Å². The Morgan fingerprint density at radius 1 is 1.67 bits per heavy atom. The van der Waals surface area contributed by atoms with Gasteiger partial charge in [0.25, 0.3) is 0 Å². The van der Waals surface area contributed by atoms with E-state index in [1.54, 1.807) is 6.07 Å². The summed E-state index contributed by atoms with van der Waals surface area (Å²) in [5.74, 6) is 0.184. The van der Waals surface area contributed by atoms with E-state index < -0.39 is 7.04 Å². The van der Waals surface area contributed by atoms with Crippen LogP contribution in [0, 0.1) is 0 Å². The number of halogens is 1. The fourth-order valence-corrected chi connectivity index (χ4v) is 1.07. The Balaban J connectivity index is 2.38. The molecule has 0 atom stereocenters. The Morgan fingerprint density at radius 3 is 3.42 bits per heavy atom. The molecule has 0 amide bonds. The number of methoxy groups -OCH3 is 1. The molecule has 4 nitrogen and oxygen atoms in total. The van der Waals surface area contributed by atoms with Crippen molar-refractivity contribution in [3.63, 3.8) is 0 Å². The summed E-state index contributed by atoms with van der Waals surface area (Å²) in [5.41, 5.74) is 0.526. The molecular weight excluding hydrogens is 178 g/mol. The lowest BCUT2D eigenvalue weighted by atomic mass is 10.4. The molecule has 62 valence electrons. The second-order valence-electron chi connectivity index (χ2n) is 2.15. The average molecular weight is 187 g/mol. The van der Waals surface area contributed by atoms with Crippen LogP contribution in [-0.4, -0.2) is 21.6 Å². The Labute approximate surface area is 78.0 Å². The molecule has 0 saturated carbocycles. The van der Waals surface area contributed by atoms with Gasteiger partial charge < -0.3 is 4.74 Å². The molecule has 0 N–H and O–H groups in total. The van der Waals surface area contributed by atoms with Crippen molar-refractivity contribution in [2.75, 3.05) is 7.04 Å². The van der Waals surface area contributed by atoms with Crippen LogP contribution in [0.3, 0.4) is 0 Å². The highest BCUT2D eigenvalue weighted by Crippen LogP contribution is 2.12. The summed E-state index contributed by atoms with van der Waals surface area (Å²) >= 11 is 5.57. The SMILES string of the molecule is [2H]C([2H])([2H])Oc1ccc2nc(Cl)nn2c1. The van der Waals surface area contributed by atoms with E-state index >= 15 is 0 Å². The second kappa shape index (κ2) is 2.64. The molecule has 2 rings (SSSR count). The van der Waals surface area contributed by atoms with Crippen LogP contribution >= 0.6 is 11.6 Å². The van der Waals surface area contributed by atoms with Gasteiger partial charge >= 0.3 is 0 Å². The predicted molar refractivity (Wildman–Crippen MR) is 44.5 cm³/mol. The molecule has 2 aromatic rings. The largest absolute Gasteiger partial charge is 0.495 e. The number of hydrogen-bond acceptors (Lipinski definition) is 3. The normalized spacial score (nSPS) is 15.2. The highest BCUT2D eigenvalue weighted by Gasteiger charge is 2.00. The van der Waals surface area contributed by atoms with Gasteiger partial charge in [-0.2, -0.15) is 4.98 Å². The van der Waals surface area contributed by atoms with Crippen LogP contribution in [0.5, 0.6) is 5.75 Å². The van der Waals surface area contributed by atoms with Crippen molar-refractivity contribution < 1.29 is 8.85 Å². The predicted octanol–water partition coefficient (Wildman–Crippen LogP) is 1.39. The van der Waals surface area contributed by atoms with E-state index in [0.29, 0.717) is 5.65 Å². The lowest BCUT2D eigenvalue weighted by molar-refractivity contribution is 0.411. The minimum absolute atomic E-state index is 0.0982. The van der Waals surface area contributed by atoms with Gasteiger partial charge in [-0.15, -0.1) is 5.10 Å². The van der Waals surface area contributed by atoms with Crippen molar-refractivity contribution in [1.82, 2.24) is 14.6 Å². The summed E-state index contributed by atoms with van der Waals surface area (Å²) < 4.78 is 26.8. The number of ether oxygens (including phenoxy) is 1. The topological polar surface area (TPSA) is 39.4 Å². The molecule has 0 bridgehead atoms. The zero-order chi connectivity index (χ0) is 11.1. The van der Waals surface area contributed by atoms with Crippen molar-refractivity contribution in [3.8, 4) is 5.75 Å². The minimum atomic E-state index is -2.47. The maximum Gasteiger partial charge on any atom is 0.243 e. The zero-order valence-electron chi connectivity index (χ0n) is 8.86. The van der Waals surface area contributed by atoms with Crippen LogP contribution in [-0.2, 0) is 0 Å². The van der Waals surface area contributed by atoms with Gasteiger partial charge in [0, 0.05) is 0 Å². The summed E-state index contributed by atoms with van der Waals surface area (Å²) in [6.07, 6.45) is 1.40. The van der Waals surface area contributed by atoms with Crippen molar-refractivity contribution in [2.24, 2.45) is 0 Å². The molecule has 0 aliphatic heterocycles. The molecule has 0 fully saturated rings. The van der Waals surface area contributed by atoms with Crippen molar-refractivity contribution >= 4 is 17.2 Å². The molecule has 0 radical (unpaired) electrons. The fourth-order valence-electron chi connectivity index (χ4n) is 0.897. The number of pyridine rings is 1. The number of fused-ring (bicyclic) bond motifs is 1. The molecule has 0 aliphatic rings. The van der Waals surface area contributed by atoms with Crippen LogP contribution in [0.2, 0.25) is 5.28 Å². The molecule has 0 aliphatic carbocycles. The van der Waals surface area contributed by atoms with Crippen molar-refractivity contribution in [3.05, 3.63) is 23.6 Å². The number of nitrogens with zero attached hydrogens (tertiary/aromatic N) is 3. The molecule has 2 heterocycles. The Hall–Kier alpha value is -1.29. The third kappa shape index (κ3) is 1.10. The van der Waals surface area contributed by atoms with Gasteiger partial charge in [-0.1, -0.05) is 0 Å². The van der Waals surface area contributed by atoms with E-state index in [-0.39, 0.29) is 11.0 Å². The number of aromatic nitrogens is 3. The van der Waals surface area contributed by atoms with E-state index in [1.807, 2.05) is 0 Å². The summed E-state index contributed by atoms with van der Waals surface area (Å²) in [7, 11) is -2.47. The summed E-state index contributed by atoms with van der Waals surface area (Å²) in [6.45, 7) is 0. The Morgan fingerprint density at radius 2 is 2.58 bits per heavy atom. The first-order valence-electron chi connectivity index (χ1n) is 4.65. The smallest absolute Gasteiger partial charge is 0.243 e. The highest BCUT2D eigenvalue weighted by molar-refractivity contribution is 6.28. The molecule has 0 aromatic carbocycles. The monoisotopic (exact) mass is 186 g/mol. The Bertz CT molecular complexity index is 496. The first-order chi connectivity index (χ1) is 6.94. The van der Waals surface area contributed by atoms with E-state index in [2.05, 4.69) is 14.8 Å². The third-order valence-electron chi connectivity index (χ3n) is 1.40. The van der Waals surface area contributed by atoms with E-state index in [0.717, 1.165) is 0 Å². The van der Waals surface area contributed by atoms with Gasteiger partial charge in [-0.05, 0) is 23.7 Å². The minimum Gasteiger partial charge on any atom is -0.495 e. The fraction of sp³-hybridized carbons (Fsp3) is 0.143. The van der Waals surface area contributed by atoms with Gasteiger partial charge in [-0.3, -0.25) is 0 Å². The quantitative estimate of drug-likeness (QED) is 0.676. The second-order valence-corrected chi connectivity index (χ2v) is 2.49. The molecular formula is C7H6ClN3O. The molecule has 2 aromatic heterocycles. The van der Waals surface area contributed by atoms with Crippen molar-refractivity contribution in [2.45, 2.75) is 0 Å². The standard InChI is InChI=1S/C7H6ClN3O/c1-12-5-2-3-6-9-7(8)10-11(6)4-5/h2-4H,1H3/i1D3. The van der Waals surface area contributed by atoms with Gasteiger partial charge in [0.05, 0.1) is 17.3 Å². The number of hydrogen-bond donors (Lipinski definition) is 0. The van der Waals surface area contributed by atoms with Gasteiger partial charge in [0.15, 0.2) is 5.65 Å². The maximum absolute atomic E-state index is 6.92. The van der Waals surface area contributed by atoms with Gasteiger partial charge in [0.1, 0.15) is 5.75 Å². The molecule has 0 saturated heterocycles. The molecule has 12 heavy (non-hydrogen) atoms. The first kappa shape index (κ1) is 4.67. The van der Waals surface area contributed by atoms with Crippen molar-refractivity contribution in [1.29, 1.82) is 0 Å². The average Bonchev–Trinajstić information content (AvgIpc) is 2.40. The summed E-state index contributed by atoms with van der Waals surface area (Å²) in [4.78, 5) is 3.87. The molecule has 0 spiro atoms. The first-order valence-corrected chi connectivity index (χ1v) is 3.53. The molecule has 0 unspecified atom stereocenters. The van der Waals surface area contributed by atoms with Gasteiger partial charge in [0.2, 0.25) is 5.28 Å². The Kier molecular flexibility index (Phi) is 1.03. The highest BCUT2D eigenvalue weighted by atomic mass is 35.5. The maximum atomic E-state index is 6.92. The number of rotatable bonds is 1. The lowest BCUT2D eigenvalue weighted by Gasteiger charge is -1.97. The summed E-state index contributed by atoms with van der Waals surface area (Å²) in [5, 5.41) is 3.91. The van der Waals surface area contributed by atoms with Crippen LogP contribution in [0.25, 0.3) is 5.65 Å².